The van der Waals surface area contributed by atoms with E-state index in [-0.39, 0.29) is 12.5 Å². The second-order valence-corrected chi connectivity index (χ2v) is 23.1. The van der Waals surface area contributed by atoms with Crippen LogP contribution in [0, 0.1) is 0 Å². The van der Waals surface area contributed by atoms with Gasteiger partial charge in [-0.2, -0.15) is 0 Å². The third-order valence-electron chi connectivity index (χ3n) is 13.6. The zero-order valence-electron chi connectivity index (χ0n) is 46.5. The highest BCUT2D eigenvalue weighted by Gasteiger charge is 2.23. The Bertz CT molecular complexity index is 1220. The maximum atomic E-state index is 13.0. The number of aliphatic hydroxyl groups is 1. The first kappa shape index (κ1) is 67.7. The Balaban J connectivity index is 4.24. The minimum absolute atomic E-state index is 0.00733. The Morgan fingerprint density at radius 3 is 1.17 bits per heavy atom. The van der Waals surface area contributed by atoms with Crippen LogP contribution in [0.3, 0.4) is 0 Å². The predicted octanol–water partition coefficient (Wildman–Crippen LogP) is 17.5. The molecule has 408 valence electrons. The fourth-order valence-electron chi connectivity index (χ4n) is 8.89. The van der Waals surface area contributed by atoms with Crippen molar-refractivity contribution in [2.45, 2.75) is 302 Å². The molecule has 0 aliphatic heterocycles. The molecule has 0 heterocycles. The average Bonchev–Trinajstić information content (AvgIpc) is 3.31. The van der Waals surface area contributed by atoms with E-state index in [1.807, 2.05) is 27.2 Å². The van der Waals surface area contributed by atoms with Gasteiger partial charge in [-0.15, -0.1) is 0 Å². The first-order valence-electron chi connectivity index (χ1n) is 29.9. The molecule has 8 nitrogen and oxygen atoms in total. The van der Waals surface area contributed by atoms with Crippen molar-refractivity contribution in [3.8, 4) is 0 Å². The van der Waals surface area contributed by atoms with Crippen LogP contribution in [-0.4, -0.2) is 68.5 Å². The maximum absolute atomic E-state index is 13.0. The van der Waals surface area contributed by atoms with Gasteiger partial charge in [-0.3, -0.25) is 9.36 Å². The van der Waals surface area contributed by atoms with Gasteiger partial charge in [0.15, 0.2) is 0 Å². The molecule has 0 bridgehead atoms. The second kappa shape index (κ2) is 51.6. The minimum atomic E-state index is -4.61. The number of nitrogens with zero attached hydrogens (tertiary/aromatic N) is 1. The molecule has 0 spiro atoms. The van der Waals surface area contributed by atoms with Crippen LogP contribution >= 0.6 is 7.82 Å². The molecule has 9 heteroatoms. The van der Waals surface area contributed by atoms with Crippen LogP contribution < -0.4 is 10.2 Å². The van der Waals surface area contributed by atoms with Gasteiger partial charge in [0.2, 0.25) is 5.91 Å². The van der Waals surface area contributed by atoms with Crippen LogP contribution in [0.1, 0.15) is 290 Å². The number of hydrogen-bond donors (Lipinski definition) is 2. The van der Waals surface area contributed by atoms with Crippen molar-refractivity contribution in [3.05, 3.63) is 36.5 Å². The number of rotatable bonds is 55. The lowest BCUT2D eigenvalue weighted by molar-refractivity contribution is -0.870. The van der Waals surface area contributed by atoms with E-state index < -0.39 is 26.6 Å². The molecule has 3 unspecified atom stereocenters. The van der Waals surface area contributed by atoms with E-state index in [1.165, 1.54) is 225 Å². The fourth-order valence-corrected chi connectivity index (χ4v) is 9.62. The standard InChI is InChI=1S/C60H117N2O6P/c1-6-8-10-12-14-16-18-20-22-24-26-28-29-30-31-32-33-34-35-37-39-41-43-45-47-49-51-53-59(63)58(57-68-69(65,66)67-56-55-62(3,4)5)61-60(64)54-52-50-48-46-44-42-40-38-36-27-25-23-21-19-17-15-13-11-9-7-2/h35,37,43,45,51,53,58-59,63H,6-34,36,38-42,44,46-50,52,54-57H2,1-5H3,(H-,61,64,65,66)/b37-35+,45-43+,53-51+. The molecule has 1 amide bonds. The van der Waals surface area contributed by atoms with E-state index in [9.17, 15) is 19.4 Å². The van der Waals surface area contributed by atoms with Gasteiger partial charge in [-0.1, -0.05) is 275 Å². The van der Waals surface area contributed by atoms with Crippen LogP contribution in [-0.2, 0) is 18.4 Å². The summed E-state index contributed by atoms with van der Waals surface area (Å²) < 4.78 is 23.3. The summed E-state index contributed by atoms with van der Waals surface area (Å²) in [6, 6.07) is -0.908. The topological polar surface area (TPSA) is 108 Å². The van der Waals surface area contributed by atoms with E-state index in [1.54, 1.807) is 6.08 Å². The van der Waals surface area contributed by atoms with E-state index in [4.69, 9.17) is 9.05 Å². The number of carbonyl (C=O) groups excluding carboxylic acids is 1. The van der Waals surface area contributed by atoms with Crippen LogP contribution in [0.5, 0.6) is 0 Å². The summed E-state index contributed by atoms with van der Waals surface area (Å²) >= 11 is 0. The lowest BCUT2D eigenvalue weighted by atomic mass is 10.0. The lowest BCUT2D eigenvalue weighted by Gasteiger charge is -2.29. The Kier molecular flexibility index (Phi) is 50.7. The molecule has 0 saturated carbocycles. The Morgan fingerprint density at radius 1 is 0.493 bits per heavy atom. The van der Waals surface area contributed by atoms with Gasteiger partial charge in [0, 0.05) is 6.42 Å². The highest BCUT2D eigenvalue weighted by Crippen LogP contribution is 2.38. The number of unbranched alkanes of at least 4 members (excludes halogenated alkanes) is 38. The van der Waals surface area contributed by atoms with Crippen molar-refractivity contribution in [2.24, 2.45) is 0 Å². The molecule has 0 aromatic carbocycles. The summed E-state index contributed by atoms with van der Waals surface area (Å²) in [7, 11) is 1.25. The normalized spacial score (nSPS) is 14.1. The van der Waals surface area contributed by atoms with E-state index >= 15 is 0 Å². The number of phosphoric acid groups is 1. The summed E-state index contributed by atoms with van der Waals surface area (Å²) in [5.74, 6) is -0.206. The van der Waals surface area contributed by atoms with Gasteiger partial charge in [-0.05, 0) is 44.9 Å². The van der Waals surface area contributed by atoms with Gasteiger partial charge in [0.05, 0.1) is 39.9 Å². The Hall–Kier alpha value is -1.28. The number of phosphoric ester groups is 1. The van der Waals surface area contributed by atoms with Gasteiger partial charge >= 0.3 is 0 Å². The molecular weight excluding hydrogens is 876 g/mol. The van der Waals surface area contributed by atoms with Crippen molar-refractivity contribution in [2.75, 3.05) is 40.9 Å². The molecule has 2 N–H and O–H groups in total. The van der Waals surface area contributed by atoms with Crippen LogP contribution in [0.25, 0.3) is 0 Å². The Morgan fingerprint density at radius 2 is 0.812 bits per heavy atom. The zero-order valence-corrected chi connectivity index (χ0v) is 47.4. The molecule has 0 fully saturated rings. The van der Waals surface area contributed by atoms with Crippen molar-refractivity contribution in [1.82, 2.24) is 5.32 Å². The maximum Gasteiger partial charge on any atom is 0.268 e. The first-order valence-corrected chi connectivity index (χ1v) is 31.3. The van der Waals surface area contributed by atoms with E-state index in [0.29, 0.717) is 17.4 Å². The summed E-state index contributed by atoms with van der Waals surface area (Å²) in [6.45, 7) is 4.66. The smallest absolute Gasteiger partial charge is 0.268 e. The molecule has 0 aromatic rings. The minimum Gasteiger partial charge on any atom is -0.756 e. The van der Waals surface area contributed by atoms with Gasteiger partial charge < -0.3 is 28.8 Å². The summed E-state index contributed by atoms with van der Waals surface area (Å²) in [5.41, 5.74) is 0. The van der Waals surface area contributed by atoms with E-state index in [2.05, 4.69) is 43.5 Å². The predicted molar refractivity (Wildman–Crippen MR) is 298 cm³/mol. The summed E-state index contributed by atoms with van der Waals surface area (Å²) in [4.78, 5) is 25.5. The third-order valence-corrected chi connectivity index (χ3v) is 14.5. The molecular formula is C60H117N2O6P. The van der Waals surface area contributed by atoms with Gasteiger partial charge in [-0.25, -0.2) is 0 Å². The molecule has 0 rings (SSSR count). The van der Waals surface area contributed by atoms with Crippen LogP contribution in [0.2, 0.25) is 0 Å². The quantitative estimate of drug-likeness (QED) is 0.0272. The number of carbonyl (C=O) groups is 1. The fraction of sp³-hybridized carbons (Fsp3) is 0.883. The number of nitrogens with one attached hydrogen (secondary N) is 1. The van der Waals surface area contributed by atoms with Crippen molar-refractivity contribution in [1.29, 1.82) is 0 Å². The van der Waals surface area contributed by atoms with Crippen LogP contribution in [0.15, 0.2) is 36.5 Å². The SMILES string of the molecule is CCCCCCCCCCCCCCCCCCC/C=C/CC/C=C/CC/C=C/C(O)C(COP(=O)([O-])OCC[N+](C)(C)C)NC(=O)CCCCCCCCCCCCCCCCCCCCCC. The van der Waals surface area contributed by atoms with Gasteiger partial charge in [0.25, 0.3) is 7.82 Å². The first-order chi connectivity index (χ1) is 33.5. The largest absolute Gasteiger partial charge is 0.756 e. The highest BCUT2D eigenvalue weighted by atomic mass is 31.2. The number of likely N-dealkylation sites (N-methyl/N-ethyl adjacent to an activating group) is 1. The van der Waals surface area contributed by atoms with Gasteiger partial charge in [0.1, 0.15) is 13.2 Å². The molecule has 0 aliphatic rings. The summed E-state index contributed by atoms with van der Waals surface area (Å²) in [6.07, 6.45) is 66.6. The lowest BCUT2D eigenvalue weighted by Crippen LogP contribution is -2.45. The number of amides is 1. The molecule has 0 aliphatic carbocycles. The monoisotopic (exact) mass is 993 g/mol. The Labute approximate surface area is 429 Å². The third kappa shape index (κ3) is 54.3. The second-order valence-electron chi connectivity index (χ2n) is 21.7. The molecule has 69 heavy (non-hydrogen) atoms. The van der Waals surface area contributed by atoms with Crippen molar-refractivity contribution >= 4 is 13.7 Å². The average molecular weight is 994 g/mol. The summed E-state index contributed by atoms with van der Waals surface area (Å²) in [5, 5.41) is 13.9. The number of hydrogen-bond acceptors (Lipinski definition) is 6. The number of allylic oxidation sites excluding steroid dienone is 5. The molecule has 0 saturated heterocycles. The molecule has 3 atom stereocenters. The molecule has 0 aromatic heterocycles. The van der Waals surface area contributed by atoms with Crippen LogP contribution in [0.4, 0.5) is 0 Å². The number of quaternary nitrogens is 1. The highest BCUT2D eigenvalue weighted by molar-refractivity contribution is 7.45. The van der Waals surface area contributed by atoms with E-state index in [0.717, 1.165) is 44.9 Å². The number of aliphatic hydroxyl groups excluding tert-OH is 1. The van der Waals surface area contributed by atoms with Crippen molar-refractivity contribution in [3.63, 3.8) is 0 Å². The zero-order chi connectivity index (χ0) is 50.6. The van der Waals surface area contributed by atoms with Crippen molar-refractivity contribution < 1.29 is 32.9 Å². The molecule has 0 radical (unpaired) electrons.